The van der Waals surface area contributed by atoms with E-state index in [2.05, 4.69) is 35.0 Å². The molecule has 0 amide bonds. The van der Waals surface area contributed by atoms with Gasteiger partial charge in [0.2, 0.25) is 6.33 Å². The monoisotopic (exact) mass is 323 g/mol. The Morgan fingerprint density at radius 3 is 2.53 bits per heavy atom. The predicted molar refractivity (Wildman–Crippen MR) is 72.5 cm³/mol. The molecule has 3 nitrogen and oxygen atoms in total. The normalized spacial score (nSPS) is 10.2. The van der Waals surface area contributed by atoms with Crippen molar-refractivity contribution < 1.29 is 21.5 Å². The number of aromatic nitrogens is 3. The highest BCUT2D eigenvalue weighted by molar-refractivity contribution is 5.20. The molecule has 0 spiro atoms. The second kappa shape index (κ2) is 8.86. The average Bonchev–Trinajstić information content (AvgIpc) is 2.88. The molecule has 0 bridgehead atoms. The first-order chi connectivity index (χ1) is 8.90. The van der Waals surface area contributed by atoms with Crippen LogP contribution in [0.2, 0.25) is 0 Å². The van der Waals surface area contributed by atoms with Crippen LogP contribution in [0.1, 0.15) is 39.0 Å². The fourth-order valence-electron chi connectivity index (χ4n) is 2.05. The van der Waals surface area contributed by atoms with Crippen molar-refractivity contribution in [3.63, 3.8) is 0 Å². The van der Waals surface area contributed by atoms with Crippen LogP contribution in [0, 0.1) is 0 Å². The highest BCUT2D eigenvalue weighted by Gasteiger charge is 2.06. The minimum Gasteiger partial charge on any atom is -1.00 e. The summed E-state index contributed by atoms with van der Waals surface area (Å²) in [5.41, 5.74) is 1.16. The molecule has 104 valence electrons. The Morgan fingerprint density at radius 2 is 1.79 bits per heavy atom. The van der Waals surface area contributed by atoms with Gasteiger partial charge in [0.15, 0.2) is 0 Å². The standard InChI is InChI=1S/C15H22N3.BrH/c1-2-3-4-5-9-12-18-14-17(13-16-18)15-10-7-6-8-11-15;/h6-8,10-11,13-14H,2-5,9,12H2,1H3;1H/q+1;/p-1. The molecule has 0 saturated heterocycles. The van der Waals surface area contributed by atoms with Crippen LogP contribution in [0.4, 0.5) is 0 Å². The fourth-order valence-corrected chi connectivity index (χ4v) is 2.05. The van der Waals surface area contributed by atoms with E-state index in [1.54, 1.807) is 0 Å². The van der Waals surface area contributed by atoms with Crippen LogP contribution in [0.25, 0.3) is 5.69 Å². The summed E-state index contributed by atoms with van der Waals surface area (Å²) < 4.78 is 4.09. The van der Waals surface area contributed by atoms with Crippen molar-refractivity contribution in [3.8, 4) is 5.69 Å². The van der Waals surface area contributed by atoms with Gasteiger partial charge in [-0.15, -0.1) is 4.68 Å². The number of hydrogen-bond acceptors (Lipinski definition) is 1. The fraction of sp³-hybridized carbons (Fsp3) is 0.467. The smallest absolute Gasteiger partial charge is 0.270 e. The highest BCUT2D eigenvalue weighted by Crippen LogP contribution is 2.03. The van der Waals surface area contributed by atoms with Crippen molar-refractivity contribution in [1.82, 2.24) is 9.78 Å². The molecule has 0 atom stereocenters. The molecule has 2 rings (SSSR count). The number of benzene rings is 1. The third-order valence-corrected chi connectivity index (χ3v) is 3.13. The summed E-state index contributed by atoms with van der Waals surface area (Å²) >= 11 is 0. The van der Waals surface area contributed by atoms with E-state index in [4.69, 9.17) is 0 Å². The summed E-state index contributed by atoms with van der Waals surface area (Å²) in [6, 6.07) is 10.3. The largest absolute Gasteiger partial charge is 1.00 e. The van der Waals surface area contributed by atoms with Crippen LogP contribution in [0.15, 0.2) is 43.0 Å². The SMILES string of the molecule is CCCCCCCn1c[n+](-c2ccccc2)cn1.[Br-]. The van der Waals surface area contributed by atoms with Gasteiger partial charge in [-0.3, -0.25) is 0 Å². The molecule has 2 aromatic rings. The second-order valence-corrected chi connectivity index (χ2v) is 4.67. The molecule has 1 aromatic carbocycles. The summed E-state index contributed by atoms with van der Waals surface area (Å²) in [4.78, 5) is 0. The number of para-hydroxylation sites is 1. The summed E-state index contributed by atoms with van der Waals surface area (Å²) in [6.45, 7) is 3.26. The van der Waals surface area contributed by atoms with Gasteiger partial charge >= 0.3 is 0 Å². The average molecular weight is 324 g/mol. The molecule has 1 aromatic heterocycles. The Balaban J connectivity index is 0.00000180. The Morgan fingerprint density at radius 1 is 1.05 bits per heavy atom. The molecule has 0 N–H and O–H groups in total. The van der Waals surface area contributed by atoms with Gasteiger partial charge in [-0.1, -0.05) is 50.8 Å². The number of hydrogen-bond donors (Lipinski definition) is 0. The van der Waals surface area contributed by atoms with Crippen molar-refractivity contribution in [2.45, 2.75) is 45.6 Å². The number of aryl methyl sites for hydroxylation is 1. The molecule has 0 aliphatic heterocycles. The molecular formula is C15H22BrN3. The van der Waals surface area contributed by atoms with Crippen molar-refractivity contribution in [3.05, 3.63) is 43.0 Å². The first-order valence-corrected chi connectivity index (χ1v) is 6.89. The van der Waals surface area contributed by atoms with Crippen molar-refractivity contribution in [1.29, 1.82) is 0 Å². The minimum absolute atomic E-state index is 0. The van der Waals surface area contributed by atoms with E-state index in [1.807, 2.05) is 29.2 Å². The lowest BCUT2D eigenvalue weighted by Gasteiger charge is -1.96. The van der Waals surface area contributed by atoms with Crippen LogP contribution in [-0.2, 0) is 6.54 Å². The molecule has 4 heteroatoms. The van der Waals surface area contributed by atoms with E-state index >= 15 is 0 Å². The van der Waals surface area contributed by atoms with Crippen molar-refractivity contribution in [2.24, 2.45) is 0 Å². The van der Waals surface area contributed by atoms with Crippen LogP contribution in [0.5, 0.6) is 0 Å². The van der Waals surface area contributed by atoms with E-state index in [0.29, 0.717) is 0 Å². The van der Waals surface area contributed by atoms with Crippen LogP contribution in [0.3, 0.4) is 0 Å². The summed E-state index contributed by atoms with van der Waals surface area (Å²) in [6.07, 6.45) is 10.5. The minimum atomic E-state index is 0. The lowest BCUT2D eigenvalue weighted by atomic mass is 10.1. The zero-order valence-electron chi connectivity index (χ0n) is 11.5. The molecular weight excluding hydrogens is 302 g/mol. The topological polar surface area (TPSA) is 21.7 Å². The van der Waals surface area contributed by atoms with E-state index in [0.717, 1.165) is 12.2 Å². The molecule has 0 aliphatic rings. The van der Waals surface area contributed by atoms with Crippen molar-refractivity contribution in [2.75, 3.05) is 0 Å². The third-order valence-electron chi connectivity index (χ3n) is 3.13. The van der Waals surface area contributed by atoms with Gasteiger partial charge in [-0.2, -0.15) is 0 Å². The third kappa shape index (κ3) is 5.15. The molecule has 0 aliphatic carbocycles. The zero-order chi connectivity index (χ0) is 12.6. The van der Waals surface area contributed by atoms with Crippen LogP contribution < -0.4 is 21.5 Å². The van der Waals surface area contributed by atoms with Gasteiger partial charge in [0.25, 0.3) is 6.33 Å². The Hall–Kier alpha value is -1.16. The number of halogens is 1. The first-order valence-electron chi connectivity index (χ1n) is 6.89. The molecule has 0 unspecified atom stereocenters. The van der Waals surface area contributed by atoms with Crippen molar-refractivity contribution >= 4 is 0 Å². The maximum absolute atomic E-state index is 4.39. The highest BCUT2D eigenvalue weighted by atomic mass is 79.9. The quantitative estimate of drug-likeness (QED) is 0.524. The Bertz CT molecular complexity index is 453. The Kier molecular flexibility index (Phi) is 7.41. The maximum atomic E-state index is 4.39. The Labute approximate surface area is 126 Å². The zero-order valence-corrected chi connectivity index (χ0v) is 13.1. The van der Waals surface area contributed by atoms with Gasteiger partial charge in [0, 0.05) is 5.10 Å². The van der Waals surface area contributed by atoms with E-state index < -0.39 is 0 Å². The lowest BCUT2D eigenvalue weighted by molar-refractivity contribution is -0.596. The number of rotatable bonds is 7. The van der Waals surface area contributed by atoms with Crippen LogP contribution in [-0.4, -0.2) is 9.78 Å². The second-order valence-electron chi connectivity index (χ2n) is 4.67. The van der Waals surface area contributed by atoms with E-state index in [9.17, 15) is 0 Å². The van der Waals surface area contributed by atoms with E-state index in [1.165, 1.54) is 32.1 Å². The summed E-state index contributed by atoms with van der Waals surface area (Å²) in [5.74, 6) is 0. The number of nitrogens with zero attached hydrogens (tertiary/aromatic N) is 3. The maximum Gasteiger partial charge on any atom is 0.270 e. The summed E-state index contributed by atoms with van der Waals surface area (Å²) in [5, 5.41) is 4.39. The predicted octanol–water partition coefficient (Wildman–Crippen LogP) is 0.134. The molecule has 19 heavy (non-hydrogen) atoms. The lowest BCUT2D eigenvalue weighted by Crippen LogP contribution is -3.00. The van der Waals surface area contributed by atoms with Gasteiger partial charge in [0.05, 0.1) is 0 Å². The van der Waals surface area contributed by atoms with Gasteiger partial charge in [0.1, 0.15) is 12.2 Å². The van der Waals surface area contributed by atoms with Gasteiger partial charge < -0.3 is 17.0 Å². The molecule has 1 heterocycles. The molecule has 0 saturated carbocycles. The molecule has 0 fully saturated rings. The molecule has 0 radical (unpaired) electrons. The first kappa shape index (κ1) is 15.9. The number of unbranched alkanes of at least 4 members (excludes halogenated alkanes) is 4. The van der Waals surface area contributed by atoms with Gasteiger partial charge in [-0.05, 0) is 18.6 Å². The van der Waals surface area contributed by atoms with E-state index in [-0.39, 0.29) is 17.0 Å². The summed E-state index contributed by atoms with van der Waals surface area (Å²) in [7, 11) is 0. The van der Waals surface area contributed by atoms with Gasteiger partial charge in [-0.25, -0.2) is 4.57 Å². The van der Waals surface area contributed by atoms with Crippen LogP contribution >= 0.6 is 0 Å².